The predicted molar refractivity (Wildman–Crippen MR) is 92.6 cm³/mol. The van der Waals surface area contributed by atoms with Gasteiger partial charge in [-0.25, -0.2) is 13.1 Å². The first-order chi connectivity index (χ1) is 11.0. The minimum absolute atomic E-state index is 0.0537. The van der Waals surface area contributed by atoms with Crippen LogP contribution in [0.5, 0.6) is 0 Å². The number of hydrogen-bond donors (Lipinski definition) is 2. The molecule has 2 atom stereocenters. The quantitative estimate of drug-likeness (QED) is 0.756. The van der Waals surface area contributed by atoms with Gasteiger partial charge in [-0.05, 0) is 31.4 Å². The van der Waals surface area contributed by atoms with E-state index in [0.717, 1.165) is 24.9 Å². The largest absolute Gasteiger partial charge is 0.390 e. The maximum Gasteiger partial charge on any atom is 0.215 e. The molecule has 6 heteroatoms. The molecule has 1 heterocycles. The normalized spacial score (nSPS) is 21.2. The van der Waals surface area contributed by atoms with Crippen LogP contribution in [0.15, 0.2) is 30.3 Å². The lowest BCUT2D eigenvalue weighted by molar-refractivity contribution is 0.0683. The van der Waals surface area contributed by atoms with Crippen molar-refractivity contribution in [2.24, 2.45) is 0 Å². The van der Waals surface area contributed by atoms with Crippen molar-refractivity contribution in [3.63, 3.8) is 0 Å². The third kappa shape index (κ3) is 6.22. The van der Waals surface area contributed by atoms with Crippen LogP contribution in [0.2, 0.25) is 0 Å². The highest BCUT2D eigenvalue weighted by Gasteiger charge is 2.23. The molecular formula is C17H28N2O3S. The summed E-state index contributed by atoms with van der Waals surface area (Å²) in [6.45, 7) is 3.76. The van der Waals surface area contributed by atoms with Crippen molar-refractivity contribution in [1.29, 1.82) is 0 Å². The Morgan fingerprint density at radius 3 is 2.74 bits per heavy atom. The van der Waals surface area contributed by atoms with Crippen LogP contribution in [0.25, 0.3) is 0 Å². The maximum absolute atomic E-state index is 12.1. The molecule has 23 heavy (non-hydrogen) atoms. The van der Waals surface area contributed by atoms with Gasteiger partial charge in [0, 0.05) is 19.1 Å². The Hall–Kier alpha value is -0.950. The van der Waals surface area contributed by atoms with E-state index in [4.69, 9.17) is 0 Å². The van der Waals surface area contributed by atoms with Gasteiger partial charge in [0.25, 0.3) is 0 Å². The van der Waals surface area contributed by atoms with Crippen molar-refractivity contribution >= 4 is 10.0 Å². The molecular weight excluding hydrogens is 312 g/mol. The number of rotatable bonds is 8. The van der Waals surface area contributed by atoms with Crippen LogP contribution in [0.3, 0.4) is 0 Å². The molecule has 1 saturated heterocycles. The SMILES string of the molecule is CC[C@H]1CCCCN1C[C@H](O)CNS(=O)(=O)Cc1ccccc1. The number of nitrogens with one attached hydrogen (secondary N) is 1. The average molecular weight is 340 g/mol. The highest BCUT2D eigenvalue weighted by atomic mass is 32.2. The van der Waals surface area contributed by atoms with Crippen molar-refractivity contribution in [3.05, 3.63) is 35.9 Å². The Morgan fingerprint density at radius 2 is 2.04 bits per heavy atom. The van der Waals surface area contributed by atoms with Crippen LogP contribution >= 0.6 is 0 Å². The summed E-state index contributed by atoms with van der Waals surface area (Å²) in [6.07, 6.45) is 3.97. The smallest absolute Gasteiger partial charge is 0.215 e. The van der Waals surface area contributed by atoms with Crippen LogP contribution < -0.4 is 4.72 Å². The first-order valence-electron chi connectivity index (χ1n) is 8.43. The fourth-order valence-corrected chi connectivity index (χ4v) is 4.35. The van der Waals surface area contributed by atoms with Gasteiger partial charge < -0.3 is 5.11 Å². The summed E-state index contributed by atoms with van der Waals surface area (Å²) in [6, 6.07) is 9.59. The molecule has 2 N–H and O–H groups in total. The highest BCUT2D eigenvalue weighted by molar-refractivity contribution is 7.88. The third-order valence-corrected chi connectivity index (χ3v) is 5.72. The van der Waals surface area contributed by atoms with Gasteiger partial charge >= 0.3 is 0 Å². The van der Waals surface area contributed by atoms with E-state index in [1.54, 1.807) is 12.1 Å². The molecule has 1 fully saturated rings. The molecule has 1 aromatic rings. The average Bonchev–Trinajstić information content (AvgIpc) is 2.54. The monoisotopic (exact) mass is 340 g/mol. The number of benzene rings is 1. The van der Waals surface area contributed by atoms with Crippen molar-refractivity contribution in [2.45, 2.75) is 50.5 Å². The summed E-state index contributed by atoms with van der Waals surface area (Å²) in [7, 11) is -3.42. The fourth-order valence-electron chi connectivity index (χ4n) is 3.17. The molecule has 1 aliphatic heterocycles. The number of aliphatic hydroxyl groups is 1. The molecule has 0 spiro atoms. The molecule has 0 unspecified atom stereocenters. The first kappa shape index (κ1) is 18.4. The van der Waals surface area contributed by atoms with Crippen LogP contribution in [0.4, 0.5) is 0 Å². The van der Waals surface area contributed by atoms with Gasteiger partial charge in [0.1, 0.15) is 0 Å². The van der Waals surface area contributed by atoms with Crippen molar-refractivity contribution in [2.75, 3.05) is 19.6 Å². The van der Waals surface area contributed by atoms with Crippen molar-refractivity contribution in [3.8, 4) is 0 Å². The number of piperidine rings is 1. The molecule has 0 bridgehead atoms. The first-order valence-corrected chi connectivity index (χ1v) is 10.1. The number of nitrogens with zero attached hydrogens (tertiary/aromatic N) is 1. The van der Waals surface area contributed by atoms with E-state index in [1.165, 1.54) is 12.8 Å². The van der Waals surface area contributed by atoms with Crippen molar-refractivity contribution < 1.29 is 13.5 Å². The van der Waals surface area contributed by atoms with Gasteiger partial charge in [-0.3, -0.25) is 4.90 Å². The number of hydrogen-bond acceptors (Lipinski definition) is 4. The molecule has 2 rings (SSSR count). The Bertz CT molecular complexity index is 562. The second-order valence-electron chi connectivity index (χ2n) is 6.30. The van der Waals surface area contributed by atoms with Gasteiger partial charge in [-0.1, -0.05) is 43.7 Å². The van der Waals surface area contributed by atoms with Crippen LogP contribution in [0, 0.1) is 0 Å². The Morgan fingerprint density at radius 1 is 1.30 bits per heavy atom. The van der Waals surface area contributed by atoms with Crippen LogP contribution in [0.1, 0.15) is 38.2 Å². The van der Waals surface area contributed by atoms with Crippen LogP contribution in [-0.2, 0) is 15.8 Å². The second kappa shape index (κ2) is 8.78. The Kier molecular flexibility index (Phi) is 7.02. The molecule has 0 radical (unpaired) electrons. The standard InChI is InChI=1S/C17H28N2O3S/c1-2-16-10-6-7-11-19(16)13-17(20)12-18-23(21,22)14-15-8-4-3-5-9-15/h3-5,8-9,16-18,20H,2,6-7,10-14H2,1H3/t16-,17+/m0/s1. The van der Waals surface area contributed by atoms with E-state index in [0.29, 0.717) is 12.6 Å². The summed E-state index contributed by atoms with van der Waals surface area (Å²) < 4.78 is 26.7. The zero-order chi connectivity index (χ0) is 16.7. The number of β-amino-alcohol motifs (C(OH)–C–C–N with tert-alkyl or cyclic N) is 1. The number of sulfonamides is 1. The number of likely N-dealkylation sites (tertiary alicyclic amines) is 1. The topological polar surface area (TPSA) is 69.6 Å². The van der Waals surface area contributed by atoms with E-state index in [1.807, 2.05) is 18.2 Å². The van der Waals surface area contributed by atoms with Gasteiger partial charge in [0.05, 0.1) is 11.9 Å². The number of aliphatic hydroxyl groups excluding tert-OH is 1. The molecule has 1 aliphatic rings. The van der Waals surface area contributed by atoms with Gasteiger partial charge in [0.2, 0.25) is 10.0 Å². The molecule has 0 amide bonds. The van der Waals surface area contributed by atoms with E-state index in [-0.39, 0.29) is 12.3 Å². The third-order valence-electron chi connectivity index (χ3n) is 4.40. The molecule has 130 valence electrons. The van der Waals surface area contributed by atoms with Crippen molar-refractivity contribution in [1.82, 2.24) is 9.62 Å². The summed E-state index contributed by atoms with van der Waals surface area (Å²) in [5, 5.41) is 10.2. The molecule has 1 aromatic carbocycles. The fraction of sp³-hybridized carbons (Fsp3) is 0.647. The Labute approximate surface area is 139 Å². The summed E-state index contributed by atoms with van der Waals surface area (Å²) in [5.41, 5.74) is 0.747. The Balaban J connectivity index is 1.80. The molecule has 0 saturated carbocycles. The summed E-state index contributed by atoms with van der Waals surface area (Å²) >= 11 is 0. The second-order valence-corrected chi connectivity index (χ2v) is 8.11. The minimum Gasteiger partial charge on any atom is -0.390 e. The predicted octanol–water partition coefficient (Wildman–Crippen LogP) is 1.73. The van der Waals surface area contributed by atoms with E-state index >= 15 is 0 Å². The lowest BCUT2D eigenvalue weighted by Gasteiger charge is -2.36. The van der Waals surface area contributed by atoms with Gasteiger partial charge in [-0.2, -0.15) is 0 Å². The lowest BCUT2D eigenvalue weighted by Crippen LogP contribution is -2.46. The van der Waals surface area contributed by atoms with E-state index in [2.05, 4.69) is 16.5 Å². The highest BCUT2D eigenvalue weighted by Crippen LogP contribution is 2.19. The summed E-state index contributed by atoms with van der Waals surface area (Å²) in [5.74, 6) is -0.0537. The van der Waals surface area contributed by atoms with Gasteiger partial charge in [0.15, 0.2) is 0 Å². The summed E-state index contributed by atoms with van der Waals surface area (Å²) in [4.78, 5) is 2.29. The van der Waals surface area contributed by atoms with E-state index in [9.17, 15) is 13.5 Å². The lowest BCUT2D eigenvalue weighted by atomic mass is 9.99. The molecule has 0 aromatic heterocycles. The molecule has 0 aliphatic carbocycles. The zero-order valence-corrected chi connectivity index (χ0v) is 14.6. The zero-order valence-electron chi connectivity index (χ0n) is 13.8. The van der Waals surface area contributed by atoms with Crippen LogP contribution in [-0.4, -0.2) is 50.2 Å². The maximum atomic E-state index is 12.1. The molecule has 5 nitrogen and oxygen atoms in total. The minimum atomic E-state index is -3.42. The van der Waals surface area contributed by atoms with E-state index < -0.39 is 16.1 Å². The van der Waals surface area contributed by atoms with Gasteiger partial charge in [-0.15, -0.1) is 0 Å².